The summed E-state index contributed by atoms with van der Waals surface area (Å²) in [7, 11) is 0. The Morgan fingerprint density at radius 3 is 1.39 bits per heavy atom. The Hall–Kier alpha value is -2.82. The second-order valence-electron chi connectivity index (χ2n) is 10.2. The standard InChI is InChI=1S/C32H36Cl2N4/c1-3-5-7-9-11-21-23-13-17-27(35-23)31(33)29-19-15-25(37-29)22(12-10-8-6-4-2)26-16-20-30(38-26)32(34)28-18-14-24(21)36-28/h13-20,35,37H,3-12H2,1-2H3. The van der Waals surface area contributed by atoms with Crippen LogP contribution >= 0.6 is 23.2 Å². The Kier molecular flexibility index (Phi) is 8.71. The smallest absolute Gasteiger partial charge is 0.0919 e. The SMILES string of the molecule is CCCCCCc1c2nc(c(Cl)c3nc(c(CCCCCC)c4ccc([nH]4)c(Cl)c4ccc1[nH]4)C=C3)C=C2. The van der Waals surface area contributed by atoms with Crippen molar-refractivity contribution in [2.24, 2.45) is 0 Å². The van der Waals surface area contributed by atoms with E-state index in [4.69, 9.17) is 33.2 Å². The van der Waals surface area contributed by atoms with Crippen LogP contribution in [0, 0.1) is 0 Å². The number of hydrogen-bond donors (Lipinski definition) is 2. The first kappa shape index (κ1) is 26.8. The highest BCUT2D eigenvalue weighted by molar-refractivity contribution is 6.37. The van der Waals surface area contributed by atoms with Crippen molar-refractivity contribution in [3.8, 4) is 0 Å². The molecule has 0 amide bonds. The van der Waals surface area contributed by atoms with Crippen LogP contribution in [0.15, 0.2) is 24.3 Å². The maximum atomic E-state index is 6.95. The number of hydrogen-bond acceptors (Lipinski definition) is 2. The summed E-state index contributed by atoms with van der Waals surface area (Å²) in [5.41, 5.74) is 9.66. The lowest BCUT2D eigenvalue weighted by Gasteiger charge is -2.04. The predicted octanol–water partition coefficient (Wildman–Crippen LogP) is 10.2. The van der Waals surface area contributed by atoms with Gasteiger partial charge < -0.3 is 9.97 Å². The number of halogens is 2. The molecule has 0 aromatic carbocycles. The van der Waals surface area contributed by atoms with Gasteiger partial charge in [0.25, 0.3) is 0 Å². The largest absolute Gasteiger partial charge is 0.354 e. The molecule has 0 aliphatic carbocycles. The fourth-order valence-electron chi connectivity index (χ4n) is 5.24. The number of nitrogens with zero attached hydrogens (tertiary/aromatic N) is 2. The van der Waals surface area contributed by atoms with E-state index >= 15 is 0 Å². The van der Waals surface area contributed by atoms with Crippen LogP contribution in [-0.4, -0.2) is 19.9 Å². The second-order valence-corrected chi connectivity index (χ2v) is 11.0. The Morgan fingerprint density at radius 1 is 0.526 bits per heavy atom. The minimum atomic E-state index is 0.584. The van der Waals surface area contributed by atoms with Gasteiger partial charge >= 0.3 is 0 Å². The molecule has 3 aromatic heterocycles. The van der Waals surface area contributed by atoms with Crippen LogP contribution < -0.4 is 0 Å². The van der Waals surface area contributed by atoms with Gasteiger partial charge in [0, 0.05) is 22.2 Å². The van der Waals surface area contributed by atoms with E-state index < -0.39 is 0 Å². The van der Waals surface area contributed by atoms with Gasteiger partial charge in [0.1, 0.15) is 0 Å². The highest BCUT2D eigenvalue weighted by Crippen LogP contribution is 2.31. The molecule has 38 heavy (non-hydrogen) atoms. The highest BCUT2D eigenvalue weighted by atomic mass is 35.5. The summed E-state index contributed by atoms with van der Waals surface area (Å²) in [6, 6.07) is 8.35. The van der Waals surface area contributed by atoms with Crippen LogP contribution in [0.1, 0.15) is 99.1 Å². The first-order chi connectivity index (χ1) is 18.6. The normalized spacial score (nSPS) is 12.5. The average molecular weight is 548 g/mol. The van der Waals surface area contributed by atoms with Gasteiger partial charge in [-0.3, -0.25) is 0 Å². The van der Waals surface area contributed by atoms with E-state index in [0.717, 1.165) is 70.5 Å². The number of fused-ring (bicyclic) bond motifs is 8. The summed E-state index contributed by atoms with van der Waals surface area (Å²) < 4.78 is 0. The second kappa shape index (κ2) is 12.4. The number of H-pyrrole nitrogens is 2. The van der Waals surface area contributed by atoms with Crippen molar-refractivity contribution in [3.05, 3.63) is 68.2 Å². The van der Waals surface area contributed by atoms with Crippen LogP contribution in [0.5, 0.6) is 0 Å². The fraction of sp³-hybridized carbons (Fsp3) is 0.375. The molecule has 0 fully saturated rings. The van der Waals surface area contributed by atoms with E-state index in [1.54, 1.807) is 0 Å². The topological polar surface area (TPSA) is 57.4 Å². The summed E-state index contributed by atoms with van der Waals surface area (Å²) in [5.74, 6) is 0. The minimum absolute atomic E-state index is 0.584. The molecule has 5 rings (SSSR count). The van der Waals surface area contributed by atoms with E-state index in [1.807, 2.05) is 12.2 Å². The van der Waals surface area contributed by atoms with E-state index in [-0.39, 0.29) is 0 Å². The molecule has 8 bridgehead atoms. The Morgan fingerprint density at radius 2 is 0.947 bits per heavy atom. The van der Waals surface area contributed by atoms with E-state index in [9.17, 15) is 0 Å². The maximum absolute atomic E-state index is 6.95. The van der Waals surface area contributed by atoms with E-state index in [1.165, 1.54) is 49.7 Å². The molecule has 0 atom stereocenters. The van der Waals surface area contributed by atoms with Crippen molar-refractivity contribution in [2.45, 2.75) is 78.1 Å². The molecule has 6 heteroatoms. The summed E-state index contributed by atoms with van der Waals surface area (Å²) in [6.07, 6.45) is 19.5. The average Bonchev–Trinajstić information content (AvgIpc) is 3.74. The Balaban J connectivity index is 1.74. The zero-order valence-corrected chi connectivity index (χ0v) is 23.9. The first-order valence-corrected chi connectivity index (χ1v) is 14.8. The predicted molar refractivity (Wildman–Crippen MR) is 165 cm³/mol. The highest BCUT2D eigenvalue weighted by Gasteiger charge is 2.15. The molecule has 4 nitrogen and oxygen atoms in total. The Labute approximate surface area is 235 Å². The van der Waals surface area contributed by atoms with E-state index in [2.05, 4.69) is 60.2 Å². The van der Waals surface area contributed by atoms with Gasteiger partial charge in [0.05, 0.1) is 43.9 Å². The Bertz CT molecular complexity index is 1410. The monoisotopic (exact) mass is 546 g/mol. The van der Waals surface area contributed by atoms with Gasteiger partial charge in [-0.2, -0.15) is 0 Å². The fourth-order valence-corrected chi connectivity index (χ4v) is 5.67. The molecule has 2 aliphatic rings. The lowest BCUT2D eigenvalue weighted by atomic mass is 10.0. The molecule has 198 valence electrons. The molecule has 2 N–H and O–H groups in total. The molecule has 2 aliphatic heterocycles. The third-order valence-electron chi connectivity index (χ3n) is 7.40. The first-order valence-electron chi connectivity index (χ1n) is 14.0. The quantitative estimate of drug-likeness (QED) is 0.171. The van der Waals surface area contributed by atoms with Crippen molar-refractivity contribution in [1.82, 2.24) is 19.9 Å². The van der Waals surface area contributed by atoms with Crippen molar-refractivity contribution in [2.75, 3.05) is 0 Å². The zero-order chi connectivity index (χ0) is 26.5. The lowest BCUT2D eigenvalue weighted by Crippen LogP contribution is -1.93. The number of unbranched alkanes of at least 4 members (excludes halogenated alkanes) is 6. The minimum Gasteiger partial charge on any atom is -0.354 e. The van der Waals surface area contributed by atoms with Gasteiger partial charge in [-0.1, -0.05) is 75.6 Å². The van der Waals surface area contributed by atoms with Crippen molar-refractivity contribution in [3.63, 3.8) is 0 Å². The molecule has 0 radical (unpaired) electrons. The summed E-state index contributed by atoms with van der Waals surface area (Å²) in [6.45, 7) is 4.47. The molecule has 0 saturated heterocycles. The maximum Gasteiger partial charge on any atom is 0.0919 e. The zero-order valence-electron chi connectivity index (χ0n) is 22.3. The van der Waals surface area contributed by atoms with Crippen molar-refractivity contribution >= 4 is 69.6 Å². The lowest BCUT2D eigenvalue weighted by molar-refractivity contribution is 0.667. The third kappa shape index (κ3) is 5.77. The van der Waals surface area contributed by atoms with Crippen LogP contribution in [0.2, 0.25) is 10.0 Å². The number of aryl methyl sites for hydroxylation is 2. The van der Waals surface area contributed by atoms with Crippen LogP contribution in [-0.2, 0) is 12.8 Å². The molecule has 0 spiro atoms. The third-order valence-corrected chi connectivity index (χ3v) is 8.20. The summed E-state index contributed by atoms with van der Waals surface area (Å²) >= 11 is 13.8. The number of nitrogens with one attached hydrogen (secondary N) is 2. The van der Waals surface area contributed by atoms with Crippen molar-refractivity contribution < 1.29 is 0 Å². The molecule has 0 saturated carbocycles. The summed E-state index contributed by atoms with van der Waals surface area (Å²) in [5, 5.41) is 1.26. The van der Waals surface area contributed by atoms with Crippen LogP contribution in [0.25, 0.3) is 46.4 Å². The number of aromatic nitrogens is 4. The molecule has 3 aromatic rings. The molecule has 5 heterocycles. The van der Waals surface area contributed by atoms with Crippen LogP contribution in [0.3, 0.4) is 0 Å². The van der Waals surface area contributed by atoms with Gasteiger partial charge in [-0.05, 0) is 74.3 Å². The van der Waals surface area contributed by atoms with Gasteiger partial charge in [0.2, 0.25) is 0 Å². The van der Waals surface area contributed by atoms with Gasteiger partial charge in [-0.25, -0.2) is 9.97 Å². The molecule has 0 unspecified atom stereocenters. The van der Waals surface area contributed by atoms with E-state index in [0.29, 0.717) is 10.0 Å². The van der Waals surface area contributed by atoms with Crippen LogP contribution in [0.4, 0.5) is 0 Å². The molecular formula is C32H36Cl2N4. The summed E-state index contributed by atoms with van der Waals surface area (Å²) in [4.78, 5) is 17.1. The van der Waals surface area contributed by atoms with Gasteiger partial charge in [-0.15, -0.1) is 0 Å². The number of aromatic amines is 2. The number of rotatable bonds is 10. The van der Waals surface area contributed by atoms with Gasteiger partial charge in [0.15, 0.2) is 0 Å². The molecular weight excluding hydrogens is 511 g/mol. The van der Waals surface area contributed by atoms with Crippen molar-refractivity contribution in [1.29, 1.82) is 0 Å².